The van der Waals surface area contributed by atoms with Gasteiger partial charge >= 0.3 is 5.97 Å². The zero-order valence-corrected chi connectivity index (χ0v) is 13.1. The number of hydrogen-bond acceptors (Lipinski definition) is 1. The Bertz CT molecular complexity index is 408. The molecule has 18 heavy (non-hydrogen) atoms. The Labute approximate surface area is 124 Å². The molecular formula is C14H16Br2O2. The fourth-order valence-electron chi connectivity index (χ4n) is 2.63. The minimum absolute atomic E-state index is 0.211. The Hall–Kier alpha value is -0.350. The highest BCUT2D eigenvalue weighted by atomic mass is 79.9. The molecule has 0 spiro atoms. The predicted molar refractivity (Wildman–Crippen MR) is 79.4 cm³/mol. The molecule has 0 heterocycles. The summed E-state index contributed by atoms with van der Waals surface area (Å²) in [5.74, 6) is -0.703. The molecule has 0 radical (unpaired) electrons. The number of rotatable bonds is 3. The van der Waals surface area contributed by atoms with Gasteiger partial charge in [0.25, 0.3) is 0 Å². The van der Waals surface area contributed by atoms with Crippen LogP contribution in [0.25, 0.3) is 0 Å². The van der Waals surface area contributed by atoms with Crippen LogP contribution < -0.4 is 0 Å². The Morgan fingerprint density at radius 2 is 1.78 bits per heavy atom. The molecule has 0 amide bonds. The van der Waals surface area contributed by atoms with Gasteiger partial charge in [-0.2, -0.15) is 0 Å². The van der Waals surface area contributed by atoms with Crippen molar-refractivity contribution in [3.05, 3.63) is 35.9 Å². The normalized spacial score (nSPS) is 32.1. The van der Waals surface area contributed by atoms with Crippen molar-refractivity contribution >= 4 is 37.8 Å². The average molecular weight is 376 g/mol. The Morgan fingerprint density at radius 1 is 1.17 bits per heavy atom. The summed E-state index contributed by atoms with van der Waals surface area (Å²) in [6.45, 7) is 0. The van der Waals surface area contributed by atoms with Gasteiger partial charge in [-0.25, -0.2) is 0 Å². The van der Waals surface area contributed by atoms with Gasteiger partial charge in [0.15, 0.2) is 0 Å². The number of carboxylic acids is 1. The lowest BCUT2D eigenvalue weighted by atomic mass is 9.76. The first-order chi connectivity index (χ1) is 8.58. The summed E-state index contributed by atoms with van der Waals surface area (Å²) >= 11 is 7.21. The van der Waals surface area contributed by atoms with Crippen molar-refractivity contribution in [2.45, 2.75) is 28.9 Å². The van der Waals surface area contributed by atoms with Gasteiger partial charge in [0.05, 0.1) is 5.92 Å². The van der Waals surface area contributed by atoms with E-state index in [0.29, 0.717) is 11.2 Å². The Balaban J connectivity index is 2.11. The van der Waals surface area contributed by atoms with Gasteiger partial charge < -0.3 is 5.11 Å². The summed E-state index contributed by atoms with van der Waals surface area (Å²) in [4.78, 5) is 12.0. The van der Waals surface area contributed by atoms with Crippen molar-refractivity contribution in [1.29, 1.82) is 0 Å². The summed E-state index contributed by atoms with van der Waals surface area (Å²) in [5, 5.41) is 9.35. The smallest absolute Gasteiger partial charge is 0.306 e. The monoisotopic (exact) mass is 374 g/mol. The number of alkyl halides is 2. The number of benzene rings is 1. The molecule has 0 unspecified atom stereocenters. The van der Waals surface area contributed by atoms with E-state index in [1.165, 1.54) is 5.56 Å². The molecule has 0 saturated heterocycles. The van der Waals surface area contributed by atoms with Crippen LogP contribution in [0.5, 0.6) is 0 Å². The highest BCUT2D eigenvalue weighted by Crippen LogP contribution is 2.39. The molecule has 4 atom stereocenters. The van der Waals surface area contributed by atoms with Crippen LogP contribution in [-0.4, -0.2) is 20.7 Å². The van der Waals surface area contributed by atoms with Gasteiger partial charge in [-0.3, -0.25) is 4.79 Å². The largest absolute Gasteiger partial charge is 0.481 e. The van der Waals surface area contributed by atoms with Crippen molar-refractivity contribution in [3.63, 3.8) is 0 Å². The number of carbonyl (C=O) groups is 1. The maximum absolute atomic E-state index is 11.4. The summed E-state index contributed by atoms with van der Waals surface area (Å²) in [6, 6.07) is 10.1. The van der Waals surface area contributed by atoms with Crippen LogP contribution in [0, 0.1) is 11.8 Å². The van der Waals surface area contributed by atoms with E-state index in [1.807, 2.05) is 18.2 Å². The lowest BCUT2D eigenvalue weighted by molar-refractivity contribution is -0.144. The van der Waals surface area contributed by atoms with Crippen LogP contribution in [0.3, 0.4) is 0 Å². The third-order valence-electron chi connectivity index (χ3n) is 3.63. The molecule has 2 rings (SSSR count). The molecule has 4 heteroatoms. The van der Waals surface area contributed by atoms with Crippen molar-refractivity contribution in [3.8, 4) is 0 Å². The van der Waals surface area contributed by atoms with E-state index < -0.39 is 5.97 Å². The Kier molecular flexibility index (Phi) is 4.84. The molecule has 1 aromatic carbocycles. The fraction of sp³-hybridized carbons (Fsp3) is 0.500. The highest BCUT2D eigenvalue weighted by Gasteiger charge is 2.38. The average Bonchev–Trinajstić information content (AvgIpc) is 2.34. The molecule has 98 valence electrons. The van der Waals surface area contributed by atoms with E-state index in [4.69, 9.17) is 0 Å². The zero-order chi connectivity index (χ0) is 13.1. The van der Waals surface area contributed by atoms with Crippen LogP contribution in [-0.2, 0) is 11.2 Å². The van der Waals surface area contributed by atoms with E-state index in [9.17, 15) is 9.90 Å². The summed E-state index contributed by atoms with van der Waals surface area (Å²) in [7, 11) is 0. The molecule has 1 aromatic rings. The minimum atomic E-state index is -0.667. The van der Waals surface area contributed by atoms with Gasteiger partial charge in [-0.05, 0) is 30.7 Å². The van der Waals surface area contributed by atoms with Gasteiger partial charge in [0.1, 0.15) is 0 Å². The van der Waals surface area contributed by atoms with Gasteiger partial charge in [0, 0.05) is 9.65 Å². The molecule has 1 fully saturated rings. The maximum Gasteiger partial charge on any atom is 0.306 e. The van der Waals surface area contributed by atoms with Crippen LogP contribution in [0.15, 0.2) is 30.3 Å². The lowest BCUT2D eigenvalue weighted by Gasteiger charge is -2.35. The van der Waals surface area contributed by atoms with E-state index in [1.54, 1.807) is 0 Å². The van der Waals surface area contributed by atoms with E-state index in [0.717, 1.165) is 12.8 Å². The minimum Gasteiger partial charge on any atom is -0.481 e. The van der Waals surface area contributed by atoms with Gasteiger partial charge in [-0.1, -0.05) is 62.2 Å². The van der Waals surface area contributed by atoms with Crippen LogP contribution >= 0.6 is 31.9 Å². The van der Waals surface area contributed by atoms with E-state index in [2.05, 4.69) is 44.0 Å². The third-order valence-corrected chi connectivity index (χ3v) is 6.36. The van der Waals surface area contributed by atoms with Crippen molar-refractivity contribution < 1.29 is 9.90 Å². The molecular weight excluding hydrogens is 360 g/mol. The summed E-state index contributed by atoms with van der Waals surface area (Å²) < 4.78 is 0. The molecule has 1 saturated carbocycles. The molecule has 1 aliphatic rings. The highest BCUT2D eigenvalue weighted by molar-refractivity contribution is 9.12. The number of aliphatic carboxylic acids is 1. The topological polar surface area (TPSA) is 37.3 Å². The van der Waals surface area contributed by atoms with E-state index in [-0.39, 0.29) is 16.7 Å². The van der Waals surface area contributed by atoms with Gasteiger partial charge in [-0.15, -0.1) is 0 Å². The fourth-order valence-corrected chi connectivity index (χ4v) is 3.94. The Morgan fingerprint density at radius 3 is 2.39 bits per heavy atom. The van der Waals surface area contributed by atoms with Crippen LogP contribution in [0.1, 0.15) is 18.4 Å². The molecule has 0 bridgehead atoms. The number of carboxylic acid groups (broad SMARTS) is 1. The summed E-state index contributed by atoms with van der Waals surface area (Å²) in [5.41, 5.74) is 1.22. The second-order valence-corrected chi connectivity index (χ2v) is 7.25. The predicted octanol–water partition coefficient (Wildman–Crippen LogP) is 3.87. The first kappa shape index (κ1) is 14.1. The second-order valence-electron chi connectivity index (χ2n) is 4.90. The van der Waals surface area contributed by atoms with Gasteiger partial charge in [0.2, 0.25) is 0 Å². The van der Waals surface area contributed by atoms with Crippen molar-refractivity contribution in [2.75, 3.05) is 0 Å². The number of hydrogen-bond donors (Lipinski definition) is 1. The standard InChI is InChI=1S/C14H16Br2O2/c15-12-7-10(6-9-4-2-1-3-5-9)11(14(17)18)8-13(12)16/h1-5,10-13H,6-8H2,(H,17,18)/t10-,11+,12+,13+/m1/s1. The molecule has 1 N–H and O–H groups in total. The lowest BCUT2D eigenvalue weighted by Crippen LogP contribution is -2.37. The molecule has 0 aliphatic heterocycles. The van der Waals surface area contributed by atoms with Crippen molar-refractivity contribution in [1.82, 2.24) is 0 Å². The molecule has 2 nitrogen and oxygen atoms in total. The van der Waals surface area contributed by atoms with Crippen LogP contribution in [0.2, 0.25) is 0 Å². The maximum atomic E-state index is 11.4. The quantitative estimate of drug-likeness (QED) is 0.814. The van der Waals surface area contributed by atoms with Crippen molar-refractivity contribution in [2.24, 2.45) is 11.8 Å². The summed E-state index contributed by atoms with van der Waals surface area (Å²) in [6.07, 6.45) is 2.45. The molecule has 1 aliphatic carbocycles. The van der Waals surface area contributed by atoms with E-state index >= 15 is 0 Å². The SMILES string of the molecule is O=C(O)[C@H]1C[C@H](Br)[C@@H](Br)C[C@H]1Cc1ccccc1. The third kappa shape index (κ3) is 3.35. The second kappa shape index (κ2) is 6.20. The molecule has 0 aromatic heterocycles. The first-order valence-corrected chi connectivity index (χ1v) is 7.96. The van der Waals surface area contributed by atoms with Crippen LogP contribution in [0.4, 0.5) is 0 Å². The number of halogens is 2. The zero-order valence-electron chi connectivity index (χ0n) is 9.93. The first-order valence-electron chi connectivity index (χ1n) is 6.12.